The molecule has 2 nitrogen and oxygen atoms in total. The first-order chi connectivity index (χ1) is 13.3. The predicted octanol–water partition coefficient (Wildman–Crippen LogP) is 5.54. The molecule has 2 aliphatic heterocycles. The van der Waals surface area contributed by atoms with Crippen molar-refractivity contribution in [2.75, 3.05) is 0 Å². The maximum Gasteiger partial charge on any atom is 0.0734 e. The molecule has 4 atom stereocenters. The Kier molecular flexibility index (Phi) is 3.61. The number of fused-ring (bicyclic) bond motifs is 2. The molecule has 6 bridgehead atoms. The van der Waals surface area contributed by atoms with Crippen LogP contribution < -0.4 is 0 Å². The monoisotopic (exact) mass is 379 g/mol. The molecule has 152 valence electrons. The number of nitrogens with zero attached hydrogens (tertiary/aromatic N) is 1. The van der Waals surface area contributed by atoms with E-state index in [1.807, 2.05) is 0 Å². The minimum atomic E-state index is -0.423. The fourth-order valence-electron chi connectivity index (χ4n) is 9.77. The van der Waals surface area contributed by atoms with Crippen LogP contribution in [0.15, 0.2) is 30.3 Å². The van der Waals surface area contributed by atoms with Gasteiger partial charge in [-0.2, -0.15) is 0 Å². The Morgan fingerprint density at radius 3 is 2.04 bits per heavy atom. The molecule has 1 aromatic rings. The van der Waals surface area contributed by atoms with E-state index in [1.165, 1.54) is 56.9 Å². The standard InChI is InChI=1S/C26H37NO/c1-23-10-20-11-24(2,16-23)18-25(12-20,17-23)26(28)13-21-8-9-22(14-26)27(21)15-19-6-4-3-5-7-19/h3-7,20-22,28H,8-18H2,1-2H3. The minimum Gasteiger partial charge on any atom is -0.389 e. The van der Waals surface area contributed by atoms with Crippen molar-refractivity contribution in [3.63, 3.8) is 0 Å². The molecule has 2 heteroatoms. The molecule has 4 saturated carbocycles. The predicted molar refractivity (Wildman–Crippen MR) is 113 cm³/mol. The van der Waals surface area contributed by atoms with Crippen LogP contribution >= 0.6 is 0 Å². The largest absolute Gasteiger partial charge is 0.389 e. The highest BCUT2D eigenvalue weighted by atomic mass is 16.3. The molecule has 28 heavy (non-hydrogen) atoms. The van der Waals surface area contributed by atoms with E-state index in [-0.39, 0.29) is 5.41 Å². The van der Waals surface area contributed by atoms with E-state index in [2.05, 4.69) is 49.1 Å². The van der Waals surface area contributed by atoms with Crippen molar-refractivity contribution in [3.05, 3.63) is 35.9 Å². The van der Waals surface area contributed by atoms with Crippen LogP contribution in [0, 0.1) is 22.2 Å². The molecule has 6 fully saturated rings. The molecule has 7 rings (SSSR count). The Labute approximate surface area is 170 Å². The van der Waals surface area contributed by atoms with Gasteiger partial charge in [-0.25, -0.2) is 0 Å². The lowest BCUT2D eigenvalue weighted by molar-refractivity contribution is -0.243. The van der Waals surface area contributed by atoms with Crippen molar-refractivity contribution in [1.82, 2.24) is 4.90 Å². The number of benzene rings is 1. The molecule has 0 radical (unpaired) electrons. The van der Waals surface area contributed by atoms with Gasteiger partial charge in [-0.1, -0.05) is 44.2 Å². The third-order valence-corrected chi connectivity index (χ3v) is 9.74. The summed E-state index contributed by atoms with van der Waals surface area (Å²) in [7, 11) is 0. The number of rotatable bonds is 3. The van der Waals surface area contributed by atoms with Crippen LogP contribution in [0.2, 0.25) is 0 Å². The van der Waals surface area contributed by atoms with Gasteiger partial charge in [0.1, 0.15) is 0 Å². The number of hydrogen-bond acceptors (Lipinski definition) is 2. The highest BCUT2D eigenvalue weighted by molar-refractivity contribution is 5.21. The SMILES string of the molecule is CC12CC3CC(C)(C1)CC(C1(O)CC4CCC(C1)N4Cc1ccccc1)(C3)C2. The van der Waals surface area contributed by atoms with E-state index in [0.717, 1.165) is 25.3 Å². The van der Waals surface area contributed by atoms with Crippen molar-refractivity contribution in [2.24, 2.45) is 22.2 Å². The lowest BCUT2D eigenvalue weighted by Gasteiger charge is -2.70. The van der Waals surface area contributed by atoms with Gasteiger partial charge in [-0.3, -0.25) is 4.90 Å². The Balaban J connectivity index is 1.29. The van der Waals surface area contributed by atoms with Gasteiger partial charge in [-0.05, 0) is 86.5 Å². The van der Waals surface area contributed by atoms with Gasteiger partial charge >= 0.3 is 0 Å². The van der Waals surface area contributed by atoms with Crippen molar-refractivity contribution in [3.8, 4) is 0 Å². The first-order valence-corrected chi connectivity index (χ1v) is 11.8. The van der Waals surface area contributed by atoms with Gasteiger partial charge in [0.2, 0.25) is 0 Å². The molecular weight excluding hydrogens is 342 g/mol. The highest BCUT2D eigenvalue weighted by Gasteiger charge is 2.67. The zero-order valence-corrected chi connectivity index (χ0v) is 17.8. The summed E-state index contributed by atoms with van der Waals surface area (Å²) in [6.45, 7) is 6.16. The average molecular weight is 380 g/mol. The number of piperidine rings is 1. The maximum atomic E-state index is 12.3. The van der Waals surface area contributed by atoms with Crippen molar-refractivity contribution in [1.29, 1.82) is 0 Å². The Bertz CT molecular complexity index is 740. The summed E-state index contributed by atoms with van der Waals surface area (Å²) in [6.07, 6.45) is 12.8. The van der Waals surface area contributed by atoms with Crippen LogP contribution in [0.5, 0.6) is 0 Å². The molecule has 1 aromatic carbocycles. The summed E-state index contributed by atoms with van der Waals surface area (Å²) < 4.78 is 0. The topological polar surface area (TPSA) is 23.5 Å². The van der Waals surface area contributed by atoms with E-state index in [9.17, 15) is 5.11 Å². The molecule has 6 aliphatic rings. The maximum absolute atomic E-state index is 12.3. The average Bonchev–Trinajstić information content (AvgIpc) is 2.83. The van der Waals surface area contributed by atoms with Gasteiger partial charge < -0.3 is 5.11 Å². The third kappa shape index (κ3) is 2.53. The van der Waals surface area contributed by atoms with Gasteiger partial charge in [0.15, 0.2) is 0 Å². The fraction of sp³-hybridized carbons (Fsp3) is 0.769. The van der Waals surface area contributed by atoms with E-state index >= 15 is 0 Å². The quantitative estimate of drug-likeness (QED) is 0.745. The van der Waals surface area contributed by atoms with Gasteiger partial charge in [0.05, 0.1) is 5.60 Å². The summed E-state index contributed by atoms with van der Waals surface area (Å²) >= 11 is 0. The smallest absolute Gasteiger partial charge is 0.0734 e. The first kappa shape index (κ1) is 18.0. The molecule has 0 spiro atoms. The molecule has 2 saturated heterocycles. The molecule has 2 heterocycles. The summed E-state index contributed by atoms with van der Waals surface area (Å²) in [6, 6.07) is 12.1. The van der Waals surface area contributed by atoms with E-state index in [1.54, 1.807) is 0 Å². The first-order valence-electron chi connectivity index (χ1n) is 11.8. The second-order valence-corrected chi connectivity index (χ2v) is 12.4. The molecule has 4 unspecified atom stereocenters. The third-order valence-electron chi connectivity index (χ3n) is 9.74. The zero-order valence-electron chi connectivity index (χ0n) is 17.8. The van der Waals surface area contributed by atoms with Crippen LogP contribution in [0.25, 0.3) is 0 Å². The normalized spacial score (nSPS) is 52.3. The van der Waals surface area contributed by atoms with Crippen LogP contribution in [-0.4, -0.2) is 27.7 Å². The number of hydrogen-bond donors (Lipinski definition) is 1. The summed E-state index contributed by atoms with van der Waals surface area (Å²) in [5.41, 5.74) is 2.19. The van der Waals surface area contributed by atoms with Crippen LogP contribution in [-0.2, 0) is 6.54 Å². The number of aliphatic hydroxyl groups is 1. The Morgan fingerprint density at radius 2 is 1.46 bits per heavy atom. The van der Waals surface area contributed by atoms with Crippen LogP contribution in [0.4, 0.5) is 0 Å². The van der Waals surface area contributed by atoms with Gasteiger partial charge in [-0.15, -0.1) is 0 Å². The van der Waals surface area contributed by atoms with Gasteiger partial charge in [0.25, 0.3) is 0 Å². The fourth-order valence-corrected chi connectivity index (χ4v) is 9.77. The lowest BCUT2D eigenvalue weighted by atomic mass is 9.36. The van der Waals surface area contributed by atoms with Crippen molar-refractivity contribution < 1.29 is 5.11 Å². The summed E-state index contributed by atoms with van der Waals surface area (Å²) in [5.74, 6) is 0.871. The van der Waals surface area contributed by atoms with E-state index < -0.39 is 5.60 Å². The second kappa shape index (κ2) is 5.64. The molecule has 0 aromatic heterocycles. The highest BCUT2D eigenvalue weighted by Crippen LogP contribution is 2.73. The lowest BCUT2D eigenvalue weighted by Crippen LogP contribution is -2.66. The molecular formula is C26H37NO. The van der Waals surface area contributed by atoms with Crippen LogP contribution in [0.1, 0.15) is 83.6 Å². The Hall–Kier alpha value is -0.860. The molecule has 0 amide bonds. The Morgan fingerprint density at radius 1 is 0.857 bits per heavy atom. The van der Waals surface area contributed by atoms with E-state index in [0.29, 0.717) is 22.9 Å². The van der Waals surface area contributed by atoms with Gasteiger partial charge in [0, 0.05) is 24.0 Å². The summed E-state index contributed by atoms with van der Waals surface area (Å²) in [4.78, 5) is 2.74. The molecule has 4 aliphatic carbocycles. The van der Waals surface area contributed by atoms with Crippen LogP contribution in [0.3, 0.4) is 0 Å². The second-order valence-electron chi connectivity index (χ2n) is 12.4. The minimum absolute atomic E-state index is 0.204. The van der Waals surface area contributed by atoms with Crippen molar-refractivity contribution >= 4 is 0 Å². The zero-order chi connectivity index (χ0) is 19.2. The van der Waals surface area contributed by atoms with Crippen molar-refractivity contribution in [2.45, 2.75) is 102 Å². The summed E-state index contributed by atoms with van der Waals surface area (Å²) in [5, 5.41) is 12.3. The molecule has 1 N–H and O–H groups in total. The van der Waals surface area contributed by atoms with E-state index in [4.69, 9.17) is 0 Å².